The molecular weight excluding hydrogens is 450 g/mol. The molecule has 3 fully saturated rings. The number of nitrogens with one attached hydrogen (secondary N) is 1. The van der Waals surface area contributed by atoms with Gasteiger partial charge in [-0.1, -0.05) is 5.21 Å². The minimum Gasteiger partial charge on any atom is -0.488 e. The minimum absolute atomic E-state index is 0.0663. The number of carboxylic acids is 1. The molecule has 1 unspecified atom stereocenters. The molecule has 0 aliphatic heterocycles. The fourth-order valence-electron chi connectivity index (χ4n) is 5.07. The van der Waals surface area contributed by atoms with Crippen molar-refractivity contribution in [1.29, 1.82) is 0 Å². The molecule has 3 aliphatic rings. The van der Waals surface area contributed by atoms with E-state index >= 15 is 0 Å². The number of pyridine rings is 1. The summed E-state index contributed by atoms with van der Waals surface area (Å²) in [5.41, 5.74) is 2.92. The van der Waals surface area contributed by atoms with Crippen molar-refractivity contribution in [1.82, 2.24) is 29.9 Å². The largest absolute Gasteiger partial charge is 0.488 e. The average molecular weight is 478 g/mol. The number of aromatic nitrogens is 6. The molecule has 6 rings (SSSR count). The second kappa shape index (κ2) is 8.47. The van der Waals surface area contributed by atoms with Gasteiger partial charge in [-0.15, -0.1) is 5.10 Å². The van der Waals surface area contributed by atoms with Crippen molar-refractivity contribution in [3.05, 3.63) is 35.8 Å². The van der Waals surface area contributed by atoms with Gasteiger partial charge in [-0.05, 0) is 50.7 Å². The van der Waals surface area contributed by atoms with E-state index in [1.807, 2.05) is 26.1 Å². The first-order valence-electron chi connectivity index (χ1n) is 12.0. The lowest BCUT2D eigenvalue weighted by molar-refractivity contribution is -0.139. The molecule has 35 heavy (non-hydrogen) atoms. The third-order valence-corrected chi connectivity index (χ3v) is 7.09. The lowest BCUT2D eigenvalue weighted by Gasteiger charge is -2.18. The maximum Gasteiger partial charge on any atom is 0.307 e. The summed E-state index contributed by atoms with van der Waals surface area (Å²) in [6.07, 6.45) is 5.80. The molecule has 0 radical (unpaired) electrons. The van der Waals surface area contributed by atoms with Gasteiger partial charge in [0.1, 0.15) is 23.7 Å². The number of aryl methyl sites for hydroxylation is 2. The van der Waals surface area contributed by atoms with Gasteiger partial charge in [0.05, 0.1) is 29.5 Å². The number of hydrogen-bond acceptors (Lipinski definition) is 9. The molecule has 0 bridgehead atoms. The maximum absolute atomic E-state index is 11.4. The molecule has 3 aromatic heterocycles. The first kappa shape index (κ1) is 21.8. The molecule has 0 spiro atoms. The number of carboxylic acid groups (broad SMARTS) is 1. The summed E-state index contributed by atoms with van der Waals surface area (Å²) in [5, 5.41) is 21.1. The molecule has 11 heteroatoms. The summed E-state index contributed by atoms with van der Waals surface area (Å²) in [4.78, 5) is 24.8. The highest BCUT2D eigenvalue weighted by molar-refractivity contribution is 5.75. The van der Waals surface area contributed by atoms with E-state index in [4.69, 9.17) is 14.5 Å². The number of ether oxygens (including phenoxy) is 2. The quantitative estimate of drug-likeness (QED) is 0.473. The number of carbonyl (C=O) groups is 1. The zero-order valence-corrected chi connectivity index (χ0v) is 19.6. The highest BCUT2D eigenvalue weighted by Gasteiger charge is 2.63. The van der Waals surface area contributed by atoms with Crippen LogP contribution in [0.5, 0.6) is 11.6 Å². The fourth-order valence-corrected chi connectivity index (χ4v) is 5.07. The summed E-state index contributed by atoms with van der Waals surface area (Å²) >= 11 is 0. The van der Waals surface area contributed by atoms with Crippen molar-refractivity contribution in [2.45, 2.75) is 51.4 Å². The summed E-state index contributed by atoms with van der Waals surface area (Å²) < 4.78 is 13.7. The van der Waals surface area contributed by atoms with Gasteiger partial charge in [-0.3, -0.25) is 4.79 Å². The van der Waals surface area contributed by atoms with Gasteiger partial charge in [-0.2, -0.15) is 4.98 Å². The van der Waals surface area contributed by atoms with Crippen molar-refractivity contribution < 1.29 is 19.4 Å². The van der Waals surface area contributed by atoms with Crippen LogP contribution in [0.4, 0.5) is 5.95 Å². The number of anilines is 1. The van der Waals surface area contributed by atoms with Gasteiger partial charge < -0.3 is 19.9 Å². The van der Waals surface area contributed by atoms with Crippen molar-refractivity contribution in [3.63, 3.8) is 0 Å². The van der Waals surface area contributed by atoms with Crippen LogP contribution in [0.25, 0.3) is 11.4 Å². The Morgan fingerprint density at radius 2 is 2.03 bits per heavy atom. The van der Waals surface area contributed by atoms with Gasteiger partial charge in [0.2, 0.25) is 11.8 Å². The molecule has 2 N–H and O–H groups in total. The molecule has 0 amide bonds. The number of nitrogens with zero attached hydrogens (tertiary/aromatic N) is 6. The zero-order chi connectivity index (χ0) is 24.1. The lowest BCUT2D eigenvalue weighted by atomic mass is 10.1. The second-order valence-corrected chi connectivity index (χ2v) is 9.52. The highest BCUT2D eigenvalue weighted by atomic mass is 16.5. The van der Waals surface area contributed by atoms with Crippen molar-refractivity contribution in [2.75, 3.05) is 5.32 Å². The standard InChI is InChI=1S/C24H27N7O4/c1-12-17(35-18-7-5-14-20(18)21(14)23(32)33)8-6-15(27-12)22-16(31(2)30-29-22)11-26-24-25-10-9-19(28-24)34-13-3-4-13/h6,8-10,13-14,18,20-21H,3-5,7,11H2,1-2H3,(H,32,33)(H,25,26,28)/t14-,18-,20-,21?/m1/s1. The van der Waals surface area contributed by atoms with Gasteiger partial charge in [0.15, 0.2) is 0 Å². The molecule has 3 heterocycles. The molecule has 0 saturated heterocycles. The zero-order valence-electron chi connectivity index (χ0n) is 19.6. The lowest BCUT2D eigenvalue weighted by Crippen LogP contribution is -2.20. The van der Waals surface area contributed by atoms with Crippen molar-refractivity contribution >= 4 is 11.9 Å². The monoisotopic (exact) mass is 477 g/mol. The van der Waals surface area contributed by atoms with Crippen molar-refractivity contribution in [3.8, 4) is 23.0 Å². The number of rotatable bonds is 9. The number of hydrogen-bond donors (Lipinski definition) is 2. The van der Waals surface area contributed by atoms with E-state index in [0.29, 0.717) is 35.5 Å². The second-order valence-electron chi connectivity index (χ2n) is 9.52. The van der Waals surface area contributed by atoms with Crippen LogP contribution in [-0.2, 0) is 18.4 Å². The van der Waals surface area contributed by atoms with E-state index in [9.17, 15) is 9.90 Å². The molecule has 0 aromatic carbocycles. The summed E-state index contributed by atoms with van der Waals surface area (Å²) in [7, 11) is 1.83. The molecular formula is C24H27N7O4. The van der Waals surface area contributed by atoms with Crippen LogP contribution in [0, 0.1) is 24.7 Å². The summed E-state index contributed by atoms with van der Waals surface area (Å²) in [6.45, 7) is 2.30. The van der Waals surface area contributed by atoms with Gasteiger partial charge in [0.25, 0.3) is 0 Å². The summed E-state index contributed by atoms with van der Waals surface area (Å²) in [5.74, 6) is 1.10. The average Bonchev–Trinajstić information content (AvgIpc) is 3.72. The first-order valence-corrected chi connectivity index (χ1v) is 12.0. The molecule has 11 nitrogen and oxygen atoms in total. The Labute approximate surface area is 201 Å². The van der Waals surface area contributed by atoms with Gasteiger partial charge in [0, 0.05) is 25.2 Å². The maximum atomic E-state index is 11.4. The third-order valence-electron chi connectivity index (χ3n) is 7.09. The van der Waals surface area contributed by atoms with E-state index in [-0.39, 0.29) is 30.0 Å². The van der Waals surface area contributed by atoms with Crippen LogP contribution in [0.15, 0.2) is 24.4 Å². The Kier molecular flexibility index (Phi) is 5.27. The molecule has 3 saturated carbocycles. The topological polar surface area (TPSA) is 137 Å². The van der Waals surface area contributed by atoms with Gasteiger partial charge in [-0.25, -0.2) is 14.6 Å². The van der Waals surface area contributed by atoms with E-state index < -0.39 is 5.97 Å². The first-order chi connectivity index (χ1) is 17.0. The predicted octanol–water partition coefficient (Wildman–Crippen LogP) is 2.62. The van der Waals surface area contributed by atoms with E-state index in [0.717, 1.165) is 37.1 Å². The van der Waals surface area contributed by atoms with Gasteiger partial charge >= 0.3 is 5.97 Å². The molecule has 4 atom stereocenters. The Morgan fingerprint density at radius 1 is 1.17 bits per heavy atom. The molecule has 182 valence electrons. The molecule has 3 aromatic rings. The number of aliphatic carboxylic acids is 1. The fraction of sp³-hybridized carbons (Fsp3) is 0.500. The highest BCUT2D eigenvalue weighted by Crippen LogP contribution is 2.58. The van der Waals surface area contributed by atoms with E-state index in [1.165, 1.54) is 0 Å². The van der Waals surface area contributed by atoms with E-state index in [1.54, 1.807) is 16.9 Å². The number of fused-ring (bicyclic) bond motifs is 1. The predicted molar refractivity (Wildman–Crippen MR) is 124 cm³/mol. The Balaban J connectivity index is 1.15. The Morgan fingerprint density at radius 3 is 2.77 bits per heavy atom. The van der Waals surface area contributed by atoms with Crippen LogP contribution >= 0.6 is 0 Å². The van der Waals surface area contributed by atoms with E-state index in [2.05, 4.69) is 25.6 Å². The SMILES string of the molecule is Cc1nc(-c2nnn(C)c2CNc2nccc(OC3CC3)n2)ccc1O[C@@H]1CC[C@H]2C(C(=O)O)[C@@H]12. The van der Waals surface area contributed by atoms with Crippen LogP contribution in [-0.4, -0.2) is 53.2 Å². The minimum atomic E-state index is -0.713. The van der Waals surface area contributed by atoms with Crippen LogP contribution in [0.2, 0.25) is 0 Å². The normalized spacial score (nSPS) is 24.6. The van der Waals surface area contributed by atoms with Crippen LogP contribution in [0.1, 0.15) is 37.1 Å². The third kappa shape index (κ3) is 4.26. The van der Waals surface area contributed by atoms with Crippen molar-refractivity contribution in [2.24, 2.45) is 24.8 Å². The Bertz CT molecular complexity index is 1270. The van der Waals surface area contributed by atoms with Crippen LogP contribution < -0.4 is 14.8 Å². The summed E-state index contributed by atoms with van der Waals surface area (Å²) in [6, 6.07) is 5.51. The van der Waals surface area contributed by atoms with Crippen LogP contribution in [0.3, 0.4) is 0 Å². The molecule has 3 aliphatic carbocycles. The Hall–Kier alpha value is -3.76. The smallest absolute Gasteiger partial charge is 0.307 e.